The van der Waals surface area contributed by atoms with E-state index in [-0.39, 0.29) is 11.3 Å². The van der Waals surface area contributed by atoms with Gasteiger partial charge in [0.25, 0.3) is 5.91 Å². The summed E-state index contributed by atoms with van der Waals surface area (Å²) in [5.74, 6) is -1.01. The van der Waals surface area contributed by atoms with Crippen LogP contribution in [0.15, 0.2) is 57.9 Å². The number of carbonyl (C=O) groups is 2. The second-order valence-electron chi connectivity index (χ2n) is 5.31. The predicted octanol–water partition coefficient (Wildman–Crippen LogP) is 2.58. The minimum Gasteiger partial charge on any atom is -0.455 e. The van der Waals surface area contributed by atoms with Gasteiger partial charge < -0.3 is 10.1 Å². The predicted molar refractivity (Wildman–Crippen MR) is 97.0 cm³/mol. The molecule has 0 bridgehead atoms. The summed E-state index contributed by atoms with van der Waals surface area (Å²) >= 11 is 3.31. The van der Waals surface area contributed by atoms with Gasteiger partial charge >= 0.3 is 5.97 Å². The Morgan fingerprint density at radius 1 is 1.04 bits per heavy atom. The summed E-state index contributed by atoms with van der Waals surface area (Å²) in [4.78, 5) is 23.7. The van der Waals surface area contributed by atoms with E-state index in [0.29, 0.717) is 5.69 Å². The van der Waals surface area contributed by atoms with Gasteiger partial charge in [0, 0.05) is 16.4 Å². The Bertz CT molecular complexity index is 861. The van der Waals surface area contributed by atoms with Gasteiger partial charge in [-0.2, -0.15) is 0 Å². The fraction of sp³-hybridized carbons (Fsp3) is 0.176. The number of halogens is 1. The van der Waals surface area contributed by atoms with E-state index in [0.717, 1.165) is 16.3 Å². The summed E-state index contributed by atoms with van der Waals surface area (Å²) in [6.45, 7) is -0.414. The van der Waals surface area contributed by atoms with Gasteiger partial charge in [0.15, 0.2) is 16.4 Å². The molecule has 0 heterocycles. The van der Waals surface area contributed by atoms with Crippen LogP contribution in [0.1, 0.15) is 5.56 Å². The van der Waals surface area contributed by atoms with Gasteiger partial charge in [0.2, 0.25) is 0 Å². The van der Waals surface area contributed by atoms with Crippen LogP contribution in [0.3, 0.4) is 0 Å². The van der Waals surface area contributed by atoms with Gasteiger partial charge in [-0.05, 0) is 42.0 Å². The molecule has 0 unspecified atom stereocenters. The van der Waals surface area contributed by atoms with Crippen LogP contribution in [0.25, 0.3) is 0 Å². The molecule has 25 heavy (non-hydrogen) atoms. The summed E-state index contributed by atoms with van der Waals surface area (Å²) in [5, 5.41) is 2.53. The molecule has 0 aromatic heterocycles. The number of anilines is 1. The van der Waals surface area contributed by atoms with Gasteiger partial charge in [-0.15, -0.1) is 0 Å². The van der Waals surface area contributed by atoms with Crippen molar-refractivity contribution in [1.82, 2.24) is 0 Å². The Labute approximate surface area is 154 Å². The van der Waals surface area contributed by atoms with Gasteiger partial charge in [-0.3, -0.25) is 9.59 Å². The van der Waals surface area contributed by atoms with Crippen molar-refractivity contribution in [3.63, 3.8) is 0 Å². The molecule has 2 rings (SSSR count). The van der Waals surface area contributed by atoms with Gasteiger partial charge in [-0.1, -0.05) is 28.1 Å². The van der Waals surface area contributed by atoms with Crippen LogP contribution in [-0.4, -0.2) is 33.2 Å². The van der Waals surface area contributed by atoms with E-state index in [1.165, 1.54) is 24.3 Å². The van der Waals surface area contributed by atoms with Crippen LogP contribution in [-0.2, 0) is 30.6 Å². The third-order valence-electron chi connectivity index (χ3n) is 3.19. The minimum atomic E-state index is -3.29. The maximum atomic E-state index is 11.8. The van der Waals surface area contributed by atoms with Crippen LogP contribution in [0.4, 0.5) is 5.69 Å². The zero-order valence-electron chi connectivity index (χ0n) is 13.4. The first kappa shape index (κ1) is 19.1. The molecule has 2 aromatic rings. The van der Waals surface area contributed by atoms with E-state index >= 15 is 0 Å². The van der Waals surface area contributed by atoms with Crippen LogP contribution < -0.4 is 5.32 Å². The third-order valence-corrected chi connectivity index (χ3v) is 4.85. The number of sulfone groups is 1. The molecule has 0 radical (unpaired) electrons. The second kappa shape index (κ2) is 8.26. The second-order valence-corrected chi connectivity index (χ2v) is 8.24. The number of nitrogens with one attached hydrogen (secondary N) is 1. The Hall–Kier alpha value is -2.19. The van der Waals surface area contributed by atoms with E-state index in [4.69, 9.17) is 4.74 Å². The highest BCUT2D eigenvalue weighted by molar-refractivity contribution is 9.10. The lowest BCUT2D eigenvalue weighted by molar-refractivity contribution is -0.146. The van der Waals surface area contributed by atoms with E-state index in [1.807, 2.05) is 12.1 Å². The van der Waals surface area contributed by atoms with Crippen molar-refractivity contribution in [3.8, 4) is 0 Å². The van der Waals surface area contributed by atoms with Crippen LogP contribution in [0.2, 0.25) is 0 Å². The smallest absolute Gasteiger partial charge is 0.310 e. The standard InChI is InChI=1S/C17H16BrNO5S/c1-25(22,23)15-8-6-14(7-9-15)19-16(20)11-24-17(21)10-12-2-4-13(18)5-3-12/h2-9H,10-11H2,1H3,(H,19,20). The molecule has 0 fully saturated rings. The summed E-state index contributed by atoms with van der Waals surface area (Å²) < 4.78 is 28.6. The number of carbonyl (C=O) groups excluding carboxylic acids is 2. The number of benzene rings is 2. The van der Waals surface area contributed by atoms with E-state index in [9.17, 15) is 18.0 Å². The number of hydrogen-bond donors (Lipinski definition) is 1. The van der Waals surface area contributed by atoms with E-state index in [1.54, 1.807) is 12.1 Å². The average molecular weight is 426 g/mol. The van der Waals surface area contributed by atoms with Crippen LogP contribution in [0.5, 0.6) is 0 Å². The Morgan fingerprint density at radius 3 is 2.20 bits per heavy atom. The van der Waals surface area contributed by atoms with Crippen molar-refractivity contribution in [2.45, 2.75) is 11.3 Å². The average Bonchev–Trinajstić information content (AvgIpc) is 2.55. The highest BCUT2D eigenvalue weighted by atomic mass is 79.9. The molecule has 0 aliphatic carbocycles. The highest BCUT2D eigenvalue weighted by Crippen LogP contribution is 2.14. The molecule has 6 nitrogen and oxygen atoms in total. The number of esters is 1. The fourth-order valence-electron chi connectivity index (χ4n) is 1.95. The number of rotatable bonds is 6. The molecule has 0 aliphatic rings. The normalized spacial score (nSPS) is 11.0. The Kier molecular flexibility index (Phi) is 6.33. The molecule has 8 heteroatoms. The minimum absolute atomic E-state index is 0.0730. The summed E-state index contributed by atoms with van der Waals surface area (Å²) in [5.41, 5.74) is 1.20. The van der Waals surface area contributed by atoms with Gasteiger partial charge in [-0.25, -0.2) is 8.42 Å². The first-order valence-corrected chi connectivity index (χ1v) is 9.92. The zero-order chi connectivity index (χ0) is 18.4. The number of ether oxygens (including phenoxy) is 1. The Morgan fingerprint density at radius 2 is 1.64 bits per heavy atom. The molecule has 0 aliphatic heterocycles. The fourth-order valence-corrected chi connectivity index (χ4v) is 2.84. The first-order valence-electron chi connectivity index (χ1n) is 7.24. The van der Waals surface area contributed by atoms with E-state index < -0.39 is 28.3 Å². The van der Waals surface area contributed by atoms with Crippen molar-refractivity contribution in [3.05, 3.63) is 58.6 Å². The van der Waals surface area contributed by atoms with Crippen molar-refractivity contribution >= 4 is 43.3 Å². The monoisotopic (exact) mass is 425 g/mol. The summed E-state index contributed by atoms with van der Waals surface area (Å²) in [6, 6.07) is 12.9. The third kappa shape index (κ3) is 6.32. The molecular weight excluding hydrogens is 410 g/mol. The molecule has 1 amide bonds. The summed E-state index contributed by atoms with van der Waals surface area (Å²) in [6.07, 6.45) is 1.18. The largest absolute Gasteiger partial charge is 0.455 e. The number of amides is 1. The summed E-state index contributed by atoms with van der Waals surface area (Å²) in [7, 11) is -3.29. The van der Waals surface area contributed by atoms with Crippen LogP contribution in [0, 0.1) is 0 Å². The molecule has 0 atom stereocenters. The van der Waals surface area contributed by atoms with Crippen molar-refractivity contribution in [2.24, 2.45) is 0 Å². The lowest BCUT2D eigenvalue weighted by Crippen LogP contribution is -2.21. The zero-order valence-corrected chi connectivity index (χ0v) is 15.8. The quantitative estimate of drug-likeness (QED) is 0.718. The van der Waals surface area contributed by atoms with Crippen molar-refractivity contribution in [1.29, 1.82) is 0 Å². The molecule has 132 valence electrons. The SMILES string of the molecule is CS(=O)(=O)c1ccc(NC(=O)COC(=O)Cc2ccc(Br)cc2)cc1. The molecule has 2 aromatic carbocycles. The maximum Gasteiger partial charge on any atom is 0.310 e. The van der Waals surface area contributed by atoms with Gasteiger partial charge in [0.1, 0.15) is 0 Å². The molecular formula is C17H16BrNO5S. The van der Waals surface area contributed by atoms with Crippen LogP contribution >= 0.6 is 15.9 Å². The molecule has 1 N–H and O–H groups in total. The first-order chi connectivity index (χ1) is 11.7. The molecule has 0 spiro atoms. The highest BCUT2D eigenvalue weighted by Gasteiger charge is 2.10. The number of hydrogen-bond acceptors (Lipinski definition) is 5. The topological polar surface area (TPSA) is 89.5 Å². The molecule has 0 saturated carbocycles. The van der Waals surface area contributed by atoms with Crippen molar-refractivity contribution < 1.29 is 22.7 Å². The lowest BCUT2D eigenvalue weighted by Gasteiger charge is -2.07. The maximum absolute atomic E-state index is 11.8. The lowest BCUT2D eigenvalue weighted by atomic mass is 10.2. The Balaban J connectivity index is 1.82. The van der Waals surface area contributed by atoms with Crippen molar-refractivity contribution in [2.75, 3.05) is 18.2 Å². The molecule has 0 saturated heterocycles. The van der Waals surface area contributed by atoms with E-state index in [2.05, 4.69) is 21.2 Å². The van der Waals surface area contributed by atoms with Gasteiger partial charge in [0.05, 0.1) is 11.3 Å².